The predicted molar refractivity (Wildman–Crippen MR) is 146 cm³/mol. The highest BCUT2D eigenvalue weighted by Gasteiger charge is 2.53. The quantitative estimate of drug-likeness (QED) is 0.389. The van der Waals surface area contributed by atoms with Gasteiger partial charge in [0, 0.05) is 52.5 Å². The number of carboxylic acid groups (broad SMARTS) is 1. The first-order valence-corrected chi connectivity index (χ1v) is 15.2. The van der Waals surface area contributed by atoms with Gasteiger partial charge in [0.1, 0.15) is 6.04 Å². The van der Waals surface area contributed by atoms with Crippen LogP contribution >= 0.6 is 0 Å². The van der Waals surface area contributed by atoms with Crippen molar-refractivity contribution < 1.29 is 32.7 Å². The van der Waals surface area contributed by atoms with E-state index in [9.17, 15) is 32.7 Å². The molecule has 216 valence electrons. The van der Waals surface area contributed by atoms with Crippen molar-refractivity contribution in [2.45, 2.75) is 50.4 Å². The van der Waals surface area contributed by atoms with Crippen LogP contribution in [0.15, 0.2) is 30.3 Å². The summed E-state index contributed by atoms with van der Waals surface area (Å²) in [5, 5.41) is 9.62. The normalized spacial score (nSPS) is 23.5. The number of benzene rings is 1. The second-order valence-electron chi connectivity index (χ2n) is 10.9. The SMILES string of the molecule is CC(=O)N1CCC(CN(C)C(=O)[C@H]2C[C@H]2[C@@H](NS(=O)(=O)Cc2ccccc2)C(=O)N2CCC#C[C@H]2C(=O)O)CC1. The minimum absolute atomic E-state index is 0.0407. The average Bonchev–Trinajstić information content (AvgIpc) is 3.72. The van der Waals surface area contributed by atoms with Crippen molar-refractivity contribution in [3.05, 3.63) is 35.9 Å². The number of piperidine rings is 1. The lowest BCUT2D eigenvalue weighted by molar-refractivity contribution is -0.149. The van der Waals surface area contributed by atoms with Gasteiger partial charge in [0.2, 0.25) is 27.7 Å². The average molecular weight is 573 g/mol. The van der Waals surface area contributed by atoms with Gasteiger partial charge < -0.3 is 19.8 Å². The molecule has 0 spiro atoms. The summed E-state index contributed by atoms with van der Waals surface area (Å²) >= 11 is 0. The maximum atomic E-state index is 13.7. The molecule has 0 aromatic heterocycles. The summed E-state index contributed by atoms with van der Waals surface area (Å²) in [6.07, 6.45) is 2.17. The van der Waals surface area contributed by atoms with E-state index in [1.54, 1.807) is 54.1 Å². The van der Waals surface area contributed by atoms with Crippen molar-refractivity contribution >= 4 is 33.7 Å². The van der Waals surface area contributed by atoms with E-state index in [0.29, 0.717) is 31.6 Å². The van der Waals surface area contributed by atoms with Crippen LogP contribution in [0.2, 0.25) is 0 Å². The van der Waals surface area contributed by atoms with Crippen molar-refractivity contribution in [1.29, 1.82) is 0 Å². The van der Waals surface area contributed by atoms with Crippen molar-refractivity contribution in [2.24, 2.45) is 17.8 Å². The summed E-state index contributed by atoms with van der Waals surface area (Å²) in [6, 6.07) is 5.87. The van der Waals surface area contributed by atoms with Gasteiger partial charge in [-0.1, -0.05) is 42.2 Å². The Kier molecular flexibility index (Phi) is 9.15. The van der Waals surface area contributed by atoms with E-state index in [1.807, 2.05) is 0 Å². The smallest absolute Gasteiger partial charge is 0.339 e. The second-order valence-corrected chi connectivity index (χ2v) is 12.6. The lowest BCUT2D eigenvalue weighted by Gasteiger charge is -2.33. The molecule has 1 saturated carbocycles. The number of nitrogens with zero attached hydrogens (tertiary/aromatic N) is 3. The van der Waals surface area contributed by atoms with Crippen LogP contribution in [-0.4, -0.2) is 97.2 Å². The molecule has 1 aromatic carbocycles. The topological polar surface area (TPSA) is 144 Å². The Balaban J connectivity index is 1.47. The standard InChI is InChI=1S/C28H36N4O7S/c1-19(33)31-14-11-20(12-15-31)17-30(2)26(34)23-16-22(23)25(27(35)32-13-7-6-10-24(32)28(36)37)29-40(38,39)18-21-8-4-3-5-9-21/h3-5,8-9,20,22-25,29H,7,11-18H2,1-2H3,(H,36,37)/t22-,23+,24+,25-/m1/s1. The fraction of sp³-hybridized carbons (Fsp3) is 0.571. The minimum Gasteiger partial charge on any atom is -0.479 e. The number of nitrogens with one attached hydrogen (secondary N) is 1. The highest BCUT2D eigenvalue weighted by Crippen LogP contribution is 2.44. The number of likely N-dealkylation sites (tertiary alicyclic amines) is 1. The maximum absolute atomic E-state index is 13.7. The number of amides is 3. The number of hydrogen-bond donors (Lipinski definition) is 2. The van der Waals surface area contributed by atoms with E-state index in [2.05, 4.69) is 16.6 Å². The van der Waals surface area contributed by atoms with Crippen LogP contribution in [0.3, 0.4) is 0 Å². The van der Waals surface area contributed by atoms with E-state index < -0.39 is 45.8 Å². The molecule has 1 aromatic rings. The van der Waals surface area contributed by atoms with E-state index in [-0.39, 0.29) is 36.5 Å². The third-order valence-corrected chi connectivity index (χ3v) is 9.20. The van der Waals surface area contributed by atoms with E-state index >= 15 is 0 Å². The Morgan fingerprint density at radius 2 is 1.80 bits per heavy atom. The molecule has 0 bridgehead atoms. The highest BCUT2D eigenvalue weighted by molar-refractivity contribution is 7.88. The molecule has 2 fully saturated rings. The van der Waals surface area contributed by atoms with Crippen LogP contribution < -0.4 is 4.72 Å². The molecule has 1 aliphatic carbocycles. The summed E-state index contributed by atoms with van der Waals surface area (Å²) in [5.41, 5.74) is 0.535. The Labute approximate surface area is 234 Å². The molecule has 2 aliphatic heterocycles. The Bertz CT molecular complexity index is 1300. The molecule has 3 amide bonds. The fourth-order valence-corrected chi connectivity index (χ4v) is 6.95. The molecule has 1 saturated heterocycles. The fourth-order valence-electron chi connectivity index (χ4n) is 5.57. The van der Waals surface area contributed by atoms with Crippen molar-refractivity contribution in [3.63, 3.8) is 0 Å². The first-order valence-electron chi connectivity index (χ1n) is 13.5. The molecule has 11 nitrogen and oxygen atoms in total. The van der Waals surface area contributed by atoms with Gasteiger partial charge >= 0.3 is 5.97 Å². The summed E-state index contributed by atoms with van der Waals surface area (Å²) in [4.78, 5) is 54.9. The van der Waals surface area contributed by atoms with Crippen molar-refractivity contribution in [2.75, 3.05) is 33.2 Å². The van der Waals surface area contributed by atoms with Crippen LogP contribution in [0.1, 0.15) is 38.2 Å². The third-order valence-electron chi connectivity index (χ3n) is 7.87. The van der Waals surface area contributed by atoms with Crippen LogP contribution in [0.5, 0.6) is 0 Å². The molecule has 40 heavy (non-hydrogen) atoms. The first-order chi connectivity index (χ1) is 19.0. The largest absolute Gasteiger partial charge is 0.479 e. The summed E-state index contributed by atoms with van der Waals surface area (Å²) in [5.74, 6) is 1.88. The summed E-state index contributed by atoms with van der Waals surface area (Å²) < 4.78 is 28.8. The zero-order valence-electron chi connectivity index (χ0n) is 22.8. The van der Waals surface area contributed by atoms with Gasteiger partial charge in [-0.15, -0.1) is 0 Å². The van der Waals surface area contributed by atoms with E-state index in [4.69, 9.17) is 0 Å². The van der Waals surface area contributed by atoms with Gasteiger partial charge in [-0.3, -0.25) is 14.4 Å². The predicted octanol–water partition coefficient (Wildman–Crippen LogP) is 0.517. The lowest BCUT2D eigenvalue weighted by atomic mass is 9.96. The number of hydrogen-bond acceptors (Lipinski definition) is 6. The molecule has 12 heteroatoms. The first kappa shape index (κ1) is 29.6. The molecular formula is C28H36N4O7S. The number of carboxylic acids is 1. The van der Waals surface area contributed by atoms with E-state index in [1.165, 1.54) is 0 Å². The van der Waals surface area contributed by atoms with Gasteiger partial charge in [0.25, 0.3) is 0 Å². The Morgan fingerprint density at radius 1 is 1.12 bits per heavy atom. The van der Waals surface area contributed by atoms with Crippen molar-refractivity contribution in [1.82, 2.24) is 19.4 Å². The van der Waals surface area contributed by atoms with E-state index in [0.717, 1.165) is 17.7 Å². The molecule has 0 unspecified atom stereocenters. The molecule has 4 atom stereocenters. The third kappa shape index (κ3) is 7.20. The molecule has 2 N–H and O–H groups in total. The highest BCUT2D eigenvalue weighted by atomic mass is 32.2. The number of rotatable bonds is 10. The second kappa shape index (κ2) is 12.4. The molecule has 4 rings (SSSR count). The number of carbonyl (C=O) groups is 4. The Hall–Kier alpha value is -3.43. The van der Waals surface area contributed by atoms with Crippen LogP contribution in [0, 0.1) is 29.6 Å². The number of carbonyl (C=O) groups excluding carboxylic acids is 3. The van der Waals surface area contributed by atoms with Gasteiger partial charge in [-0.2, -0.15) is 0 Å². The van der Waals surface area contributed by atoms with Crippen LogP contribution in [-0.2, 0) is 35.0 Å². The minimum atomic E-state index is -4.00. The van der Waals surface area contributed by atoms with Crippen LogP contribution in [0.25, 0.3) is 0 Å². The lowest BCUT2D eigenvalue weighted by Crippen LogP contribution is -2.55. The summed E-state index contributed by atoms with van der Waals surface area (Å²) in [7, 11) is -2.30. The zero-order chi connectivity index (χ0) is 29.0. The molecule has 2 heterocycles. The van der Waals surface area contributed by atoms with Crippen LogP contribution in [0.4, 0.5) is 0 Å². The number of sulfonamides is 1. The monoisotopic (exact) mass is 572 g/mol. The Morgan fingerprint density at radius 3 is 2.42 bits per heavy atom. The van der Waals surface area contributed by atoms with Crippen molar-refractivity contribution in [3.8, 4) is 11.8 Å². The van der Waals surface area contributed by atoms with Gasteiger partial charge in [0.15, 0.2) is 6.04 Å². The zero-order valence-corrected chi connectivity index (χ0v) is 23.6. The number of aliphatic carboxylic acids is 1. The molecular weight excluding hydrogens is 536 g/mol. The van der Waals surface area contributed by atoms with Gasteiger partial charge in [0.05, 0.1) is 5.75 Å². The summed E-state index contributed by atoms with van der Waals surface area (Å²) in [6.45, 7) is 3.41. The maximum Gasteiger partial charge on any atom is 0.339 e. The van der Waals surface area contributed by atoms with Gasteiger partial charge in [-0.05, 0) is 36.7 Å². The molecule has 0 radical (unpaired) electrons. The molecule has 3 aliphatic rings. The van der Waals surface area contributed by atoms with Gasteiger partial charge in [-0.25, -0.2) is 17.9 Å².